The average Bonchev–Trinajstić information content (AvgIpc) is 2.88. The maximum Gasteiger partial charge on any atom is 0.387 e. The number of hydrogen-bond acceptors (Lipinski definition) is 5. The maximum atomic E-state index is 13.0. The molecule has 164 valence electrons. The van der Waals surface area contributed by atoms with E-state index in [0.717, 1.165) is 43.9 Å². The lowest BCUT2D eigenvalue weighted by atomic mass is 10.1. The van der Waals surface area contributed by atoms with Gasteiger partial charge >= 0.3 is 6.61 Å². The number of alkyl halides is 2. The van der Waals surface area contributed by atoms with Crippen LogP contribution in [0, 0.1) is 13.8 Å². The van der Waals surface area contributed by atoms with Crippen LogP contribution < -0.4 is 14.4 Å². The molecule has 0 radical (unpaired) electrons. The van der Waals surface area contributed by atoms with Crippen molar-refractivity contribution in [1.82, 2.24) is 4.90 Å². The summed E-state index contributed by atoms with van der Waals surface area (Å²) in [5.41, 5.74) is 2.54. The molecule has 0 saturated carbocycles. The van der Waals surface area contributed by atoms with Gasteiger partial charge in [0.2, 0.25) is 0 Å². The third-order valence-electron chi connectivity index (χ3n) is 5.21. The fourth-order valence-corrected chi connectivity index (χ4v) is 4.55. The number of nitrogens with one attached hydrogen (secondary N) is 1. The lowest BCUT2D eigenvalue weighted by Gasteiger charge is -2.25. The van der Waals surface area contributed by atoms with E-state index in [1.807, 2.05) is 6.92 Å². The average molecular weight is 440 g/mol. The molecular weight excluding hydrogens is 412 g/mol. The zero-order valence-corrected chi connectivity index (χ0v) is 18.2. The Morgan fingerprint density at radius 2 is 1.73 bits per heavy atom. The first-order valence-electron chi connectivity index (χ1n) is 9.78. The molecule has 30 heavy (non-hydrogen) atoms. The van der Waals surface area contributed by atoms with Crippen LogP contribution in [0.2, 0.25) is 0 Å². The minimum Gasteiger partial charge on any atom is -0.434 e. The molecule has 9 heteroatoms. The number of aryl methyl sites for hydroxylation is 2. The van der Waals surface area contributed by atoms with E-state index in [1.165, 1.54) is 18.2 Å². The number of sulfonamides is 1. The van der Waals surface area contributed by atoms with Crippen molar-refractivity contribution in [2.45, 2.75) is 31.8 Å². The summed E-state index contributed by atoms with van der Waals surface area (Å²) in [7, 11) is -1.82. The van der Waals surface area contributed by atoms with Gasteiger partial charge in [0.25, 0.3) is 10.0 Å². The number of anilines is 2. The van der Waals surface area contributed by atoms with Crippen molar-refractivity contribution in [3.63, 3.8) is 0 Å². The number of halogens is 2. The van der Waals surface area contributed by atoms with Crippen LogP contribution in [0.25, 0.3) is 0 Å². The highest BCUT2D eigenvalue weighted by molar-refractivity contribution is 7.92. The van der Waals surface area contributed by atoms with E-state index in [2.05, 4.69) is 26.3 Å². The van der Waals surface area contributed by atoms with Gasteiger partial charge < -0.3 is 14.5 Å². The molecule has 0 bridgehead atoms. The summed E-state index contributed by atoms with van der Waals surface area (Å²) in [6, 6.07) is 9.33. The van der Waals surface area contributed by atoms with E-state index in [9.17, 15) is 17.2 Å². The van der Waals surface area contributed by atoms with Gasteiger partial charge in [0.1, 0.15) is 5.75 Å². The number of rotatable bonds is 6. The van der Waals surface area contributed by atoms with Crippen LogP contribution in [0.1, 0.15) is 17.5 Å². The molecule has 3 rings (SSSR count). The van der Waals surface area contributed by atoms with Crippen molar-refractivity contribution in [1.29, 1.82) is 0 Å². The van der Waals surface area contributed by atoms with Crippen molar-refractivity contribution in [3.05, 3.63) is 47.5 Å². The molecule has 6 nitrogen and oxygen atoms in total. The van der Waals surface area contributed by atoms with Crippen molar-refractivity contribution in [2.75, 3.05) is 42.8 Å². The Labute approximate surface area is 176 Å². The summed E-state index contributed by atoms with van der Waals surface area (Å²) in [6.45, 7) is 4.18. The molecule has 2 aromatic rings. The van der Waals surface area contributed by atoms with Gasteiger partial charge in [-0.25, -0.2) is 8.42 Å². The molecule has 0 aliphatic carbocycles. The Kier molecular flexibility index (Phi) is 6.82. The normalized spacial score (nSPS) is 15.9. The van der Waals surface area contributed by atoms with Crippen molar-refractivity contribution >= 4 is 21.4 Å². The lowest BCUT2D eigenvalue weighted by Crippen LogP contribution is -2.29. The van der Waals surface area contributed by atoms with E-state index >= 15 is 0 Å². The molecule has 1 aliphatic heterocycles. The minimum absolute atomic E-state index is 0.0662. The molecule has 1 fully saturated rings. The second kappa shape index (κ2) is 9.18. The minimum atomic E-state index is -3.90. The van der Waals surface area contributed by atoms with E-state index in [-0.39, 0.29) is 16.3 Å². The molecule has 1 N–H and O–H groups in total. The van der Waals surface area contributed by atoms with Gasteiger partial charge in [-0.15, -0.1) is 0 Å². The first-order chi connectivity index (χ1) is 14.2. The quantitative estimate of drug-likeness (QED) is 0.741. The number of nitrogens with zero attached hydrogens (tertiary/aromatic N) is 2. The second-order valence-electron chi connectivity index (χ2n) is 7.56. The predicted molar refractivity (Wildman–Crippen MR) is 114 cm³/mol. The van der Waals surface area contributed by atoms with Crippen LogP contribution >= 0.6 is 0 Å². The van der Waals surface area contributed by atoms with Gasteiger partial charge in [-0.1, -0.05) is 12.1 Å². The zero-order valence-electron chi connectivity index (χ0n) is 17.4. The van der Waals surface area contributed by atoms with Crippen molar-refractivity contribution in [2.24, 2.45) is 0 Å². The smallest absolute Gasteiger partial charge is 0.387 e. The Morgan fingerprint density at radius 1 is 1.00 bits per heavy atom. The standard InChI is InChI=1S/C21H27F2N3O3S/c1-15-6-8-18(14-19(15)26-10-4-9-25(3)11-12-26)30(27,28)24-17-7-5-16(2)20(13-17)29-21(22)23/h5-8,13-14,21,24H,4,9-12H2,1-3H3. The molecule has 0 amide bonds. The molecule has 2 aromatic carbocycles. The zero-order chi connectivity index (χ0) is 21.9. The fourth-order valence-electron chi connectivity index (χ4n) is 3.49. The van der Waals surface area contributed by atoms with Gasteiger partial charge in [-0.3, -0.25) is 4.72 Å². The molecule has 1 aliphatic rings. The third-order valence-corrected chi connectivity index (χ3v) is 6.59. The SMILES string of the molecule is Cc1ccc(NS(=O)(=O)c2ccc(C)c(N3CCCN(C)CC3)c2)cc1OC(F)F. The Bertz CT molecular complexity index is 999. The fraction of sp³-hybridized carbons (Fsp3) is 0.429. The second-order valence-corrected chi connectivity index (χ2v) is 9.24. The van der Waals surface area contributed by atoms with E-state index in [4.69, 9.17) is 0 Å². The van der Waals surface area contributed by atoms with Crippen LogP contribution in [0.3, 0.4) is 0 Å². The van der Waals surface area contributed by atoms with E-state index in [0.29, 0.717) is 5.56 Å². The first-order valence-corrected chi connectivity index (χ1v) is 11.3. The highest BCUT2D eigenvalue weighted by Crippen LogP contribution is 2.29. The van der Waals surface area contributed by atoms with Gasteiger partial charge in [-0.2, -0.15) is 8.78 Å². The van der Waals surface area contributed by atoms with E-state index in [1.54, 1.807) is 25.1 Å². The Balaban J connectivity index is 1.86. The Morgan fingerprint density at radius 3 is 2.47 bits per heavy atom. The van der Waals surface area contributed by atoms with Gasteiger partial charge in [-0.05, 0) is 63.2 Å². The number of benzene rings is 2. The van der Waals surface area contributed by atoms with Crippen LogP contribution in [-0.2, 0) is 10.0 Å². The number of ether oxygens (including phenoxy) is 1. The molecule has 1 heterocycles. The van der Waals surface area contributed by atoms with Crippen LogP contribution in [0.5, 0.6) is 5.75 Å². The highest BCUT2D eigenvalue weighted by Gasteiger charge is 2.20. The maximum absolute atomic E-state index is 13.0. The van der Waals surface area contributed by atoms with Gasteiger partial charge in [0.15, 0.2) is 0 Å². The molecule has 1 saturated heterocycles. The first kappa shape index (κ1) is 22.3. The summed E-state index contributed by atoms with van der Waals surface area (Å²) in [6.07, 6.45) is 1.00. The summed E-state index contributed by atoms with van der Waals surface area (Å²) in [4.78, 5) is 4.59. The molecule has 0 atom stereocenters. The van der Waals surface area contributed by atoms with Crippen LogP contribution in [0.4, 0.5) is 20.2 Å². The summed E-state index contributed by atoms with van der Waals surface area (Å²) >= 11 is 0. The summed E-state index contributed by atoms with van der Waals surface area (Å²) in [5, 5.41) is 0. The van der Waals surface area contributed by atoms with Crippen molar-refractivity contribution < 1.29 is 21.9 Å². The molecule has 0 unspecified atom stereocenters. The monoisotopic (exact) mass is 439 g/mol. The molecule has 0 aromatic heterocycles. The van der Waals surface area contributed by atoms with Gasteiger partial charge in [0, 0.05) is 31.4 Å². The van der Waals surface area contributed by atoms with E-state index < -0.39 is 16.6 Å². The highest BCUT2D eigenvalue weighted by atomic mass is 32.2. The third kappa shape index (κ3) is 5.40. The number of hydrogen-bond donors (Lipinski definition) is 1. The summed E-state index contributed by atoms with van der Waals surface area (Å²) < 4.78 is 58.0. The topological polar surface area (TPSA) is 61.9 Å². The van der Waals surface area contributed by atoms with Crippen LogP contribution in [0.15, 0.2) is 41.3 Å². The van der Waals surface area contributed by atoms with Crippen LogP contribution in [-0.4, -0.2) is 53.2 Å². The van der Waals surface area contributed by atoms with Crippen molar-refractivity contribution in [3.8, 4) is 5.75 Å². The van der Waals surface area contributed by atoms with Gasteiger partial charge in [0.05, 0.1) is 10.6 Å². The lowest BCUT2D eigenvalue weighted by molar-refractivity contribution is -0.0502. The largest absolute Gasteiger partial charge is 0.434 e. The Hall–Kier alpha value is -2.39. The number of likely N-dealkylation sites (N-methyl/N-ethyl adjacent to an activating group) is 1. The summed E-state index contributed by atoms with van der Waals surface area (Å²) in [5.74, 6) is -0.0662. The molecular formula is C21H27F2N3O3S. The molecule has 0 spiro atoms. The predicted octanol–water partition coefficient (Wildman–Crippen LogP) is 3.85.